The van der Waals surface area contributed by atoms with Crippen LogP contribution in [0.3, 0.4) is 0 Å². The van der Waals surface area contributed by atoms with E-state index < -0.39 is 22.1 Å². The Kier molecular flexibility index (Phi) is 5.62. The van der Waals surface area contributed by atoms with Gasteiger partial charge in [0.2, 0.25) is 10.0 Å². The maximum absolute atomic E-state index is 12.1. The molecule has 0 radical (unpaired) electrons. The van der Waals surface area contributed by atoms with Gasteiger partial charge in [-0.15, -0.1) is 0 Å². The molecule has 3 rings (SSSR count). The molecule has 3 amide bonds. The summed E-state index contributed by atoms with van der Waals surface area (Å²) < 4.78 is 30.6. The van der Waals surface area contributed by atoms with Gasteiger partial charge in [0, 0.05) is 31.0 Å². The molecule has 26 heavy (non-hydrogen) atoms. The SMILES string of the molecule is O=C(NCCS(=O)(=O)N1CCCC1)Nc1cccc(N2CCOC2=O)c1. The maximum Gasteiger partial charge on any atom is 0.414 e. The van der Waals surface area contributed by atoms with Gasteiger partial charge >= 0.3 is 12.1 Å². The average molecular weight is 382 g/mol. The first kappa shape index (κ1) is 18.5. The number of urea groups is 1. The molecule has 0 atom stereocenters. The number of sulfonamides is 1. The van der Waals surface area contributed by atoms with Crippen molar-refractivity contribution < 1.29 is 22.7 Å². The Morgan fingerprint density at radius 3 is 2.65 bits per heavy atom. The number of nitrogens with one attached hydrogen (secondary N) is 2. The molecule has 2 aliphatic rings. The zero-order chi connectivity index (χ0) is 18.6. The van der Waals surface area contributed by atoms with Gasteiger partial charge in [-0.2, -0.15) is 0 Å². The lowest BCUT2D eigenvalue weighted by Gasteiger charge is -2.16. The number of rotatable bonds is 6. The first-order valence-electron chi connectivity index (χ1n) is 8.53. The second-order valence-corrected chi connectivity index (χ2v) is 8.21. The predicted molar refractivity (Wildman–Crippen MR) is 96.8 cm³/mol. The van der Waals surface area contributed by atoms with Crippen LogP contribution in [-0.2, 0) is 14.8 Å². The number of benzene rings is 1. The van der Waals surface area contributed by atoms with E-state index in [0.717, 1.165) is 12.8 Å². The van der Waals surface area contributed by atoms with Gasteiger partial charge in [-0.3, -0.25) is 4.90 Å². The van der Waals surface area contributed by atoms with E-state index in [1.807, 2.05) is 0 Å². The van der Waals surface area contributed by atoms with E-state index in [9.17, 15) is 18.0 Å². The Bertz CT molecular complexity index is 777. The van der Waals surface area contributed by atoms with E-state index in [1.54, 1.807) is 24.3 Å². The van der Waals surface area contributed by atoms with Gasteiger partial charge in [-0.05, 0) is 31.0 Å². The Labute approximate surface area is 152 Å². The quantitative estimate of drug-likeness (QED) is 0.768. The number of anilines is 2. The predicted octanol–water partition coefficient (Wildman–Crippen LogP) is 1.19. The highest BCUT2D eigenvalue weighted by Crippen LogP contribution is 2.22. The number of carbonyl (C=O) groups excluding carboxylic acids is 2. The molecule has 0 unspecified atom stereocenters. The van der Waals surface area contributed by atoms with Crippen LogP contribution in [-0.4, -0.2) is 63.4 Å². The Morgan fingerprint density at radius 2 is 1.96 bits per heavy atom. The molecule has 142 valence electrons. The minimum atomic E-state index is -3.32. The summed E-state index contributed by atoms with van der Waals surface area (Å²) >= 11 is 0. The molecular formula is C16H22N4O5S. The van der Waals surface area contributed by atoms with Crippen LogP contribution in [0.25, 0.3) is 0 Å². The molecule has 0 saturated carbocycles. The molecule has 2 aliphatic heterocycles. The van der Waals surface area contributed by atoms with Crippen LogP contribution in [0.1, 0.15) is 12.8 Å². The van der Waals surface area contributed by atoms with Gasteiger partial charge < -0.3 is 15.4 Å². The number of hydrogen-bond acceptors (Lipinski definition) is 5. The normalized spacial score (nSPS) is 18.0. The summed E-state index contributed by atoms with van der Waals surface area (Å²) in [6, 6.07) is 6.31. The molecule has 0 spiro atoms. The van der Waals surface area contributed by atoms with E-state index >= 15 is 0 Å². The smallest absolute Gasteiger partial charge is 0.414 e. The van der Waals surface area contributed by atoms with Crippen molar-refractivity contribution in [3.8, 4) is 0 Å². The molecule has 1 aromatic carbocycles. The molecule has 1 aromatic rings. The summed E-state index contributed by atoms with van der Waals surface area (Å²) in [6.45, 7) is 1.94. The summed E-state index contributed by atoms with van der Waals surface area (Å²) in [7, 11) is -3.32. The second kappa shape index (κ2) is 7.92. The van der Waals surface area contributed by atoms with E-state index in [0.29, 0.717) is 37.6 Å². The third kappa shape index (κ3) is 4.44. The van der Waals surface area contributed by atoms with E-state index in [-0.39, 0.29) is 12.3 Å². The van der Waals surface area contributed by atoms with Crippen LogP contribution in [0.5, 0.6) is 0 Å². The summed E-state index contributed by atoms with van der Waals surface area (Å²) in [5.41, 5.74) is 1.13. The highest BCUT2D eigenvalue weighted by Gasteiger charge is 2.25. The summed E-state index contributed by atoms with van der Waals surface area (Å²) in [4.78, 5) is 25.1. The monoisotopic (exact) mass is 382 g/mol. The number of amides is 3. The molecule has 10 heteroatoms. The molecule has 2 fully saturated rings. The third-order valence-electron chi connectivity index (χ3n) is 4.28. The fraction of sp³-hybridized carbons (Fsp3) is 0.500. The maximum atomic E-state index is 12.1. The Balaban J connectivity index is 1.50. The Hall–Kier alpha value is -2.33. The molecule has 2 N–H and O–H groups in total. The van der Waals surface area contributed by atoms with Crippen molar-refractivity contribution in [3.05, 3.63) is 24.3 Å². The largest absolute Gasteiger partial charge is 0.447 e. The van der Waals surface area contributed by atoms with Gasteiger partial charge in [-0.25, -0.2) is 22.3 Å². The van der Waals surface area contributed by atoms with E-state index in [4.69, 9.17) is 4.74 Å². The van der Waals surface area contributed by atoms with Crippen molar-refractivity contribution in [2.75, 3.05) is 48.8 Å². The van der Waals surface area contributed by atoms with Crippen LogP contribution >= 0.6 is 0 Å². The highest BCUT2D eigenvalue weighted by molar-refractivity contribution is 7.89. The third-order valence-corrected chi connectivity index (χ3v) is 6.15. The van der Waals surface area contributed by atoms with Gasteiger partial charge in [0.25, 0.3) is 0 Å². The minimum absolute atomic E-state index is 0.0306. The zero-order valence-corrected chi connectivity index (χ0v) is 15.1. The van der Waals surface area contributed by atoms with Crippen molar-refractivity contribution >= 4 is 33.5 Å². The van der Waals surface area contributed by atoms with Crippen molar-refractivity contribution in [2.24, 2.45) is 0 Å². The first-order valence-corrected chi connectivity index (χ1v) is 10.1. The highest BCUT2D eigenvalue weighted by atomic mass is 32.2. The first-order chi connectivity index (χ1) is 12.5. The molecule has 0 aromatic heterocycles. The fourth-order valence-electron chi connectivity index (χ4n) is 2.94. The number of cyclic esters (lactones) is 1. The lowest BCUT2D eigenvalue weighted by molar-refractivity contribution is 0.181. The van der Waals surface area contributed by atoms with Gasteiger partial charge in [-0.1, -0.05) is 6.07 Å². The van der Waals surface area contributed by atoms with Crippen LogP contribution in [0.15, 0.2) is 24.3 Å². The number of hydrogen-bond donors (Lipinski definition) is 2. The van der Waals surface area contributed by atoms with Gasteiger partial charge in [0.05, 0.1) is 12.3 Å². The van der Waals surface area contributed by atoms with E-state index in [2.05, 4.69) is 10.6 Å². The number of nitrogens with zero attached hydrogens (tertiary/aromatic N) is 2. The second-order valence-electron chi connectivity index (χ2n) is 6.12. The standard InChI is InChI=1S/C16H22N4O5S/c21-15(17-6-11-26(23,24)19-7-1-2-8-19)18-13-4-3-5-14(12-13)20-9-10-25-16(20)22/h3-5,12H,1-2,6-11H2,(H2,17,18,21). The van der Waals surface area contributed by atoms with Crippen molar-refractivity contribution in [1.29, 1.82) is 0 Å². The minimum Gasteiger partial charge on any atom is -0.447 e. The molecule has 0 aliphatic carbocycles. The van der Waals surface area contributed by atoms with Crippen LogP contribution in [0, 0.1) is 0 Å². The number of ether oxygens (including phenoxy) is 1. The molecule has 0 bridgehead atoms. The van der Waals surface area contributed by atoms with E-state index in [1.165, 1.54) is 9.21 Å². The van der Waals surface area contributed by atoms with Crippen LogP contribution in [0.4, 0.5) is 21.0 Å². The zero-order valence-electron chi connectivity index (χ0n) is 14.3. The summed E-state index contributed by atoms with van der Waals surface area (Å²) in [6.07, 6.45) is 1.35. The summed E-state index contributed by atoms with van der Waals surface area (Å²) in [5, 5.41) is 5.19. The van der Waals surface area contributed by atoms with Crippen molar-refractivity contribution in [1.82, 2.24) is 9.62 Å². The lowest BCUT2D eigenvalue weighted by atomic mass is 10.2. The summed E-state index contributed by atoms with van der Waals surface area (Å²) in [5.74, 6) is -0.125. The Morgan fingerprint density at radius 1 is 1.19 bits per heavy atom. The van der Waals surface area contributed by atoms with Crippen molar-refractivity contribution in [2.45, 2.75) is 12.8 Å². The number of carbonyl (C=O) groups is 2. The lowest BCUT2D eigenvalue weighted by Crippen LogP contribution is -2.37. The fourth-order valence-corrected chi connectivity index (χ4v) is 4.38. The van der Waals surface area contributed by atoms with Gasteiger partial charge in [0.1, 0.15) is 6.61 Å². The van der Waals surface area contributed by atoms with Gasteiger partial charge in [0.15, 0.2) is 0 Å². The molecular weight excluding hydrogens is 360 g/mol. The van der Waals surface area contributed by atoms with Crippen LogP contribution in [0.2, 0.25) is 0 Å². The average Bonchev–Trinajstić information content (AvgIpc) is 3.26. The molecule has 9 nitrogen and oxygen atoms in total. The molecule has 2 saturated heterocycles. The van der Waals surface area contributed by atoms with Crippen molar-refractivity contribution in [3.63, 3.8) is 0 Å². The molecule has 2 heterocycles. The topological polar surface area (TPSA) is 108 Å². The van der Waals surface area contributed by atoms with Crippen LogP contribution < -0.4 is 15.5 Å².